The summed E-state index contributed by atoms with van der Waals surface area (Å²) in [5.74, 6) is 0.233. The number of hydrogen-bond donors (Lipinski definition) is 3. The highest BCUT2D eigenvalue weighted by Crippen LogP contribution is 2.28. The molecule has 0 fully saturated rings. The third kappa shape index (κ3) is 2.81. The van der Waals surface area contributed by atoms with Gasteiger partial charge in [0.2, 0.25) is 6.29 Å². The van der Waals surface area contributed by atoms with Crippen molar-refractivity contribution in [2.75, 3.05) is 19.0 Å². The summed E-state index contributed by atoms with van der Waals surface area (Å²) in [7, 11) is 1.54. The number of hydrogen-bond acceptors (Lipinski definition) is 6. The van der Waals surface area contributed by atoms with E-state index in [4.69, 9.17) is 14.9 Å². The van der Waals surface area contributed by atoms with Gasteiger partial charge < -0.3 is 20.3 Å². The van der Waals surface area contributed by atoms with E-state index in [1.54, 1.807) is 0 Å². The first-order valence-corrected chi connectivity index (χ1v) is 4.50. The van der Waals surface area contributed by atoms with Crippen molar-refractivity contribution in [1.82, 2.24) is 0 Å². The number of aliphatic hydroxyl groups is 2. The third-order valence-electron chi connectivity index (χ3n) is 1.86. The molecular formula is C9H12N2O5. The van der Waals surface area contributed by atoms with Gasteiger partial charge in [0, 0.05) is 19.2 Å². The van der Waals surface area contributed by atoms with Crippen LogP contribution in [0, 0.1) is 10.1 Å². The summed E-state index contributed by atoms with van der Waals surface area (Å²) in [4.78, 5) is 10.1. The fourth-order valence-electron chi connectivity index (χ4n) is 1.14. The lowest BCUT2D eigenvalue weighted by atomic mass is 10.2. The molecule has 0 radical (unpaired) electrons. The molecular weight excluding hydrogens is 216 g/mol. The van der Waals surface area contributed by atoms with E-state index in [-0.39, 0.29) is 17.1 Å². The van der Waals surface area contributed by atoms with Crippen LogP contribution in [0.4, 0.5) is 11.4 Å². The van der Waals surface area contributed by atoms with Crippen molar-refractivity contribution in [1.29, 1.82) is 0 Å². The van der Waals surface area contributed by atoms with Crippen molar-refractivity contribution in [2.24, 2.45) is 0 Å². The first kappa shape index (κ1) is 12.2. The molecule has 1 unspecified atom stereocenters. The highest BCUT2D eigenvalue weighted by Gasteiger charge is 2.14. The van der Waals surface area contributed by atoms with Crippen molar-refractivity contribution in [3.8, 4) is 5.75 Å². The van der Waals surface area contributed by atoms with Gasteiger partial charge in [0.25, 0.3) is 5.69 Å². The Morgan fingerprint density at radius 2 is 2.31 bits per heavy atom. The molecule has 0 saturated heterocycles. The Kier molecular flexibility index (Phi) is 4.03. The summed E-state index contributed by atoms with van der Waals surface area (Å²) < 4.78 is 4.88. The van der Waals surface area contributed by atoms with E-state index in [0.717, 1.165) is 0 Å². The molecule has 1 atom stereocenters. The van der Waals surface area contributed by atoms with Crippen LogP contribution in [0.3, 0.4) is 0 Å². The first-order valence-electron chi connectivity index (χ1n) is 4.50. The summed E-state index contributed by atoms with van der Waals surface area (Å²) in [5, 5.41) is 30.8. The van der Waals surface area contributed by atoms with Crippen LogP contribution in [-0.4, -0.2) is 35.1 Å². The minimum atomic E-state index is -1.34. The van der Waals surface area contributed by atoms with Gasteiger partial charge in [-0.25, -0.2) is 0 Å². The average molecular weight is 228 g/mol. The van der Waals surface area contributed by atoms with Gasteiger partial charge in [-0.05, 0) is 6.07 Å². The van der Waals surface area contributed by atoms with Gasteiger partial charge in [-0.2, -0.15) is 0 Å². The Balaban J connectivity index is 2.95. The summed E-state index contributed by atoms with van der Waals surface area (Å²) in [6.07, 6.45) is -1.34. The topological polar surface area (TPSA) is 105 Å². The molecule has 1 aromatic carbocycles. The van der Waals surface area contributed by atoms with Gasteiger partial charge in [0.05, 0.1) is 4.92 Å². The van der Waals surface area contributed by atoms with Gasteiger partial charge >= 0.3 is 0 Å². The molecule has 0 amide bonds. The molecule has 88 valence electrons. The molecule has 1 aromatic rings. The number of nitrogens with zero attached hydrogens (tertiary/aromatic N) is 1. The zero-order valence-electron chi connectivity index (χ0n) is 8.58. The summed E-state index contributed by atoms with van der Waals surface area (Å²) in [6.45, 7) is -0.550. The molecule has 0 aliphatic heterocycles. The molecule has 1 rings (SSSR count). The van der Waals surface area contributed by atoms with Crippen LogP contribution in [0.2, 0.25) is 0 Å². The predicted octanol–water partition coefficient (Wildman–Crippen LogP) is 0.326. The van der Waals surface area contributed by atoms with E-state index < -0.39 is 17.8 Å². The van der Waals surface area contributed by atoms with Gasteiger partial charge in [-0.1, -0.05) is 0 Å². The molecule has 3 N–H and O–H groups in total. The zero-order valence-corrected chi connectivity index (χ0v) is 8.58. The monoisotopic (exact) mass is 228 g/mol. The van der Waals surface area contributed by atoms with Crippen LogP contribution in [-0.2, 0) is 0 Å². The minimum absolute atomic E-state index is 0.0895. The summed E-state index contributed by atoms with van der Waals surface area (Å²) >= 11 is 0. The third-order valence-corrected chi connectivity index (χ3v) is 1.86. The molecule has 16 heavy (non-hydrogen) atoms. The zero-order chi connectivity index (χ0) is 12.1. The van der Waals surface area contributed by atoms with Gasteiger partial charge in [0.1, 0.15) is 18.0 Å². The number of rotatable bonds is 5. The molecule has 0 heterocycles. The maximum atomic E-state index is 10.6. The van der Waals surface area contributed by atoms with Gasteiger partial charge in [0.15, 0.2) is 0 Å². The molecule has 0 aromatic heterocycles. The molecule has 0 saturated carbocycles. The minimum Gasteiger partial charge on any atom is -0.463 e. The van der Waals surface area contributed by atoms with E-state index in [1.807, 2.05) is 0 Å². The highest BCUT2D eigenvalue weighted by molar-refractivity contribution is 5.63. The number of nitro benzene ring substituents is 1. The standard InChI is InChI=1S/C9H12N2O5/c1-10-7-4-6(16-9(13)5-12)2-3-8(7)11(14)15/h2-4,9-10,12-13H,5H2,1H3. The lowest BCUT2D eigenvalue weighted by molar-refractivity contribution is -0.384. The Labute approximate surface area is 91.4 Å². The van der Waals surface area contributed by atoms with Crippen molar-refractivity contribution < 1.29 is 19.9 Å². The number of aliphatic hydroxyl groups excluding tert-OH is 2. The predicted molar refractivity (Wildman–Crippen MR) is 56.4 cm³/mol. The molecule has 7 nitrogen and oxygen atoms in total. The molecule has 0 bridgehead atoms. The second-order valence-electron chi connectivity index (χ2n) is 2.94. The lowest BCUT2D eigenvalue weighted by Crippen LogP contribution is -2.19. The fraction of sp³-hybridized carbons (Fsp3) is 0.333. The first-order chi connectivity index (χ1) is 7.58. The van der Waals surface area contributed by atoms with Crippen LogP contribution in [0.25, 0.3) is 0 Å². The smallest absolute Gasteiger partial charge is 0.292 e. The van der Waals surface area contributed by atoms with Gasteiger partial charge in [-0.3, -0.25) is 10.1 Å². The second-order valence-corrected chi connectivity index (χ2v) is 2.94. The largest absolute Gasteiger partial charge is 0.463 e. The average Bonchev–Trinajstić information content (AvgIpc) is 2.28. The molecule has 7 heteroatoms. The van der Waals surface area contributed by atoms with Crippen LogP contribution in [0.5, 0.6) is 5.75 Å². The van der Waals surface area contributed by atoms with Crippen molar-refractivity contribution in [3.63, 3.8) is 0 Å². The normalized spacial score (nSPS) is 11.9. The number of nitro groups is 1. The Bertz CT molecular complexity index is 382. The summed E-state index contributed by atoms with van der Waals surface area (Å²) in [6, 6.07) is 3.97. The second kappa shape index (κ2) is 5.29. The van der Waals surface area contributed by atoms with Crippen LogP contribution < -0.4 is 10.1 Å². The number of benzene rings is 1. The van der Waals surface area contributed by atoms with Crippen LogP contribution >= 0.6 is 0 Å². The van der Waals surface area contributed by atoms with E-state index in [1.165, 1.54) is 25.2 Å². The Morgan fingerprint density at radius 1 is 1.62 bits per heavy atom. The number of anilines is 1. The molecule has 0 aliphatic rings. The van der Waals surface area contributed by atoms with Crippen molar-refractivity contribution in [2.45, 2.75) is 6.29 Å². The van der Waals surface area contributed by atoms with E-state index >= 15 is 0 Å². The van der Waals surface area contributed by atoms with E-state index in [0.29, 0.717) is 0 Å². The van der Waals surface area contributed by atoms with Gasteiger partial charge in [-0.15, -0.1) is 0 Å². The number of ether oxygens (including phenoxy) is 1. The van der Waals surface area contributed by atoms with E-state index in [9.17, 15) is 10.1 Å². The molecule has 0 spiro atoms. The molecule has 0 aliphatic carbocycles. The Hall–Kier alpha value is -1.86. The highest BCUT2D eigenvalue weighted by atomic mass is 16.6. The van der Waals surface area contributed by atoms with Crippen molar-refractivity contribution in [3.05, 3.63) is 28.3 Å². The number of nitrogens with one attached hydrogen (secondary N) is 1. The SMILES string of the molecule is CNc1cc(OC(O)CO)ccc1[N+](=O)[O-]. The van der Waals surface area contributed by atoms with Crippen molar-refractivity contribution >= 4 is 11.4 Å². The maximum Gasteiger partial charge on any atom is 0.292 e. The van der Waals surface area contributed by atoms with Crippen LogP contribution in [0.1, 0.15) is 0 Å². The maximum absolute atomic E-state index is 10.6. The quantitative estimate of drug-likeness (QED) is 0.381. The Morgan fingerprint density at radius 3 is 2.81 bits per heavy atom. The fourth-order valence-corrected chi connectivity index (χ4v) is 1.14. The van der Waals surface area contributed by atoms with Crippen LogP contribution in [0.15, 0.2) is 18.2 Å². The van der Waals surface area contributed by atoms with E-state index in [2.05, 4.69) is 5.32 Å². The summed E-state index contributed by atoms with van der Waals surface area (Å²) in [5.41, 5.74) is 0.181. The lowest BCUT2D eigenvalue weighted by Gasteiger charge is -2.11.